The van der Waals surface area contributed by atoms with Gasteiger partial charge in [-0.1, -0.05) is 46.6 Å². The van der Waals surface area contributed by atoms with Crippen LogP contribution < -0.4 is 10.6 Å². The minimum atomic E-state index is -0.380. The minimum absolute atomic E-state index is 0.0683. The van der Waals surface area contributed by atoms with Gasteiger partial charge in [-0.05, 0) is 76.9 Å². The molecular weight excluding hydrogens is 471 g/mol. The van der Waals surface area contributed by atoms with Crippen LogP contribution in [0.2, 0.25) is 0 Å². The fourth-order valence-corrected chi connectivity index (χ4v) is 3.70. The Bertz CT molecular complexity index is 819. The van der Waals surface area contributed by atoms with Crippen molar-refractivity contribution in [1.29, 1.82) is 0 Å². The Morgan fingerprint density at radius 3 is 2.03 bits per heavy atom. The van der Waals surface area contributed by atoms with E-state index in [9.17, 15) is 18.8 Å². The number of amides is 3. The molecule has 0 saturated carbocycles. The van der Waals surface area contributed by atoms with E-state index in [1.807, 2.05) is 13.8 Å². The first kappa shape index (κ1) is 34.3. The zero-order valence-corrected chi connectivity index (χ0v) is 24.1. The van der Waals surface area contributed by atoms with Crippen LogP contribution in [0, 0.1) is 11.7 Å². The van der Waals surface area contributed by atoms with Gasteiger partial charge in [0.2, 0.25) is 12.3 Å². The molecule has 0 aromatic heterocycles. The van der Waals surface area contributed by atoms with Gasteiger partial charge in [0.25, 0.3) is 5.91 Å². The number of carbonyl (C=O) groups is 3. The second-order valence-electron chi connectivity index (χ2n) is 9.95. The molecule has 0 spiro atoms. The molecule has 1 heterocycles. The van der Waals surface area contributed by atoms with Crippen LogP contribution in [0.15, 0.2) is 35.9 Å². The number of carbonyl (C=O) groups excluding carboxylic acids is 3. The second kappa shape index (κ2) is 19.4. The number of rotatable bonds is 9. The lowest BCUT2D eigenvalue weighted by molar-refractivity contribution is -0.132. The molecule has 1 aromatic carbocycles. The van der Waals surface area contributed by atoms with Crippen LogP contribution >= 0.6 is 0 Å². The van der Waals surface area contributed by atoms with Gasteiger partial charge in [0, 0.05) is 24.4 Å². The highest BCUT2D eigenvalue weighted by molar-refractivity contribution is 6.03. The van der Waals surface area contributed by atoms with Gasteiger partial charge in [-0.2, -0.15) is 0 Å². The van der Waals surface area contributed by atoms with Crippen LogP contribution in [0.4, 0.5) is 10.1 Å². The first-order valence-corrected chi connectivity index (χ1v) is 13.4. The third kappa shape index (κ3) is 14.6. The number of nitrogens with zero attached hydrogens (tertiary/aromatic N) is 2. The normalized spacial score (nSPS) is 14.5. The van der Waals surface area contributed by atoms with Crippen molar-refractivity contribution in [2.45, 2.75) is 86.2 Å². The largest absolute Gasteiger partial charge is 0.350 e. The molecular formula is C29H49FN4O3. The Morgan fingerprint density at radius 2 is 1.59 bits per heavy atom. The zero-order valence-electron chi connectivity index (χ0n) is 24.1. The van der Waals surface area contributed by atoms with Gasteiger partial charge in [-0.25, -0.2) is 4.39 Å². The van der Waals surface area contributed by atoms with Gasteiger partial charge in [0.05, 0.1) is 12.6 Å². The fourth-order valence-electron chi connectivity index (χ4n) is 3.70. The fraction of sp³-hybridized carbons (Fsp3) is 0.621. The van der Waals surface area contributed by atoms with E-state index in [2.05, 4.69) is 43.2 Å². The molecule has 0 unspecified atom stereocenters. The number of likely N-dealkylation sites (N-methyl/N-ethyl adjacent to an activating group) is 1. The molecule has 8 heteroatoms. The van der Waals surface area contributed by atoms with Gasteiger partial charge in [-0.15, -0.1) is 0 Å². The zero-order chi connectivity index (χ0) is 28.4. The molecule has 1 aliphatic heterocycles. The Labute approximate surface area is 223 Å². The second-order valence-corrected chi connectivity index (χ2v) is 9.95. The van der Waals surface area contributed by atoms with Gasteiger partial charge in [0.1, 0.15) is 5.82 Å². The summed E-state index contributed by atoms with van der Waals surface area (Å²) in [6.07, 6.45) is 7.70. The van der Waals surface area contributed by atoms with Crippen molar-refractivity contribution in [3.63, 3.8) is 0 Å². The molecule has 1 aliphatic rings. The summed E-state index contributed by atoms with van der Waals surface area (Å²) < 4.78 is 12.9. The summed E-state index contributed by atoms with van der Waals surface area (Å²) in [4.78, 5) is 38.7. The van der Waals surface area contributed by atoms with E-state index in [-0.39, 0.29) is 36.1 Å². The monoisotopic (exact) mass is 520 g/mol. The number of halogens is 1. The van der Waals surface area contributed by atoms with Crippen molar-refractivity contribution in [3.05, 3.63) is 41.7 Å². The van der Waals surface area contributed by atoms with Crippen molar-refractivity contribution < 1.29 is 18.8 Å². The average molecular weight is 521 g/mol. The highest BCUT2D eigenvalue weighted by Gasteiger charge is 2.22. The lowest BCUT2D eigenvalue weighted by atomic mass is 9.99. The third-order valence-electron chi connectivity index (χ3n) is 5.86. The Morgan fingerprint density at radius 1 is 1.05 bits per heavy atom. The molecule has 3 amide bonds. The summed E-state index contributed by atoms with van der Waals surface area (Å²) in [5.41, 5.74) is 0.922. The first-order chi connectivity index (χ1) is 17.5. The molecule has 37 heavy (non-hydrogen) atoms. The molecule has 1 saturated heterocycles. The molecule has 1 fully saturated rings. The van der Waals surface area contributed by atoms with E-state index in [1.165, 1.54) is 67.9 Å². The van der Waals surface area contributed by atoms with E-state index in [0.29, 0.717) is 17.7 Å². The van der Waals surface area contributed by atoms with Crippen LogP contribution in [0.5, 0.6) is 0 Å². The highest BCUT2D eigenvalue weighted by atomic mass is 19.1. The summed E-state index contributed by atoms with van der Waals surface area (Å²) >= 11 is 0. The maximum Gasteiger partial charge on any atom is 0.251 e. The lowest BCUT2D eigenvalue weighted by Crippen LogP contribution is -2.43. The highest BCUT2D eigenvalue weighted by Crippen LogP contribution is 2.15. The SMILES string of the molecule is C/C(=C\[C@H](C(C)C)N(C)C(=O)CNC=O)C(=O)Nc1ccc(F)cc1.CC(C)N1CCCCC1.CCC. The van der Waals surface area contributed by atoms with Gasteiger partial charge >= 0.3 is 0 Å². The van der Waals surface area contributed by atoms with E-state index < -0.39 is 0 Å². The lowest BCUT2D eigenvalue weighted by Gasteiger charge is -2.29. The molecule has 0 aliphatic carbocycles. The van der Waals surface area contributed by atoms with E-state index in [0.717, 1.165) is 6.04 Å². The maximum absolute atomic E-state index is 12.9. The van der Waals surface area contributed by atoms with Crippen molar-refractivity contribution >= 4 is 23.9 Å². The molecule has 1 aromatic rings. The predicted molar refractivity (Wildman–Crippen MR) is 151 cm³/mol. The minimum Gasteiger partial charge on any atom is -0.350 e. The maximum atomic E-state index is 12.9. The molecule has 0 bridgehead atoms. The predicted octanol–water partition coefficient (Wildman–Crippen LogP) is 5.24. The molecule has 7 nitrogen and oxygen atoms in total. The van der Waals surface area contributed by atoms with Crippen molar-refractivity contribution in [2.75, 3.05) is 32.0 Å². The van der Waals surface area contributed by atoms with E-state index in [1.54, 1.807) is 20.0 Å². The summed E-state index contributed by atoms with van der Waals surface area (Å²) in [5, 5.41) is 5.01. The number of hydrogen-bond donors (Lipinski definition) is 2. The molecule has 0 radical (unpaired) electrons. The molecule has 2 rings (SSSR count). The third-order valence-corrected chi connectivity index (χ3v) is 5.86. The molecule has 210 valence electrons. The van der Waals surface area contributed by atoms with E-state index >= 15 is 0 Å². The quantitative estimate of drug-likeness (QED) is 0.345. The van der Waals surface area contributed by atoms with Crippen molar-refractivity contribution in [1.82, 2.24) is 15.1 Å². The number of benzene rings is 1. The molecule has 1 atom stereocenters. The summed E-state index contributed by atoms with van der Waals surface area (Å²) in [6, 6.07) is 5.93. The summed E-state index contributed by atoms with van der Waals surface area (Å²) in [6.45, 7) is 16.9. The van der Waals surface area contributed by atoms with Gasteiger partial charge in [0.15, 0.2) is 0 Å². The number of anilines is 1. The number of nitrogens with one attached hydrogen (secondary N) is 2. The van der Waals surface area contributed by atoms with Gasteiger partial charge in [-0.3, -0.25) is 14.4 Å². The number of hydrogen-bond acceptors (Lipinski definition) is 4. The number of piperidine rings is 1. The number of likely N-dealkylation sites (tertiary alicyclic amines) is 1. The summed E-state index contributed by atoms with van der Waals surface area (Å²) in [5.74, 6) is -0.897. The van der Waals surface area contributed by atoms with Crippen LogP contribution in [0.3, 0.4) is 0 Å². The topological polar surface area (TPSA) is 81.8 Å². The van der Waals surface area contributed by atoms with Crippen LogP contribution in [0.1, 0.15) is 74.1 Å². The van der Waals surface area contributed by atoms with Crippen molar-refractivity contribution in [2.24, 2.45) is 5.92 Å². The first-order valence-electron chi connectivity index (χ1n) is 13.4. The smallest absolute Gasteiger partial charge is 0.251 e. The Balaban J connectivity index is 0.000000887. The Hall–Kier alpha value is -2.74. The van der Waals surface area contributed by atoms with Gasteiger partial charge < -0.3 is 20.4 Å². The van der Waals surface area contributed by atoms with Crippen LogP contribution in [-0.2, 0) is 14.4 Å². The Kier molecular flexibility index (Phi) is 17.9. The summed E-state index contributed by atoms with van der Waals surface area (Å²) in [7, 11) is 1.63. The van der Waals surface area contributed by atoms with E-state index in [4.69, 9.17) is 0 Å². The van der Waals surface area contributed by atoms with Crippen molar-refractivity contribution in [3.8, 4) is 0 Å². The average Bonchev–Trinajstić information content (AvgIpc) is 2.87. The standard InChI is InChI=1S/C18H24FN3O3.C8H17N.C3H8/c1-12(2)16(22(4)17(24)10-20-11-23)9-13(3)18(25)21-15-7-5-14(19)6-8-15;1-8(2)9-6-4-3-5-7-9;1-3-2/h5-9,11-12,16H,10H2,1-4H3,(H,20,23)(H,21,25);8H,3-7H2,1-2H3;3H2,1-2H3/b13-9+;;/t16-;;/m1../s1. The molecule has 2 N–H and O–H groups in total. The van der Waals surface area contributed by atoms with Crippen LogP contribution in [-0.4, -0.2) is 66.8 Å². The van der Waals surface area contributed by atoms with Crippen LogP contribution in [0.25, 0.3) is 0 Å².